The summed E-state index contributed by atoms with van der Waals surface area (Å²) in [5, 5.41) is 4.27. The summed E-state index contributed by atoms with van der Waals surface area (Å²) in [5.41, 5.74) is 4.72. The molecule has 0 spiro atoms. The van der Waals surface area contributed by atoms with Crippen LogP contribution in [0.5, 0.6) is 0 Å². The van der Waals surface area contributed by atoms with Gasteiger partial charge in [-0.3, -0.25) is 4.90 Å². The van der Waals surface area contributed by atoms with Crippen molar-refractivity contribution in [3.8, 4) is 0 Å². The third kappa shape index (κ3) is 2.56. The summed E-state index contributed by atoms with van der Waals surface area (Å²) >= 11 is 0. The monoisotopic (exact) mass is 302 g/mol. The Morgan fingerprint density at radius 3 is 2.68 bits per heavy atom. The third-order valence-corrected chi connectivity index (χ3v) is 4.98. The standard InChI is InChI=1S/C18H23FN2O/c1-4-16(20-22-3)18-15(12-5-7-13(19)8-6-12)11-14-9-10-17(18)21(14)2/h5-8,14,17H,4,9-11H2,1-3H3. The van der Waals surface area contributed by atoms with Crippen LogP contribution in [-0.4, -0.2) is 36.9 Å². The first-order chi connectivity index (χ1) is 10.7. The number of oxime groups is 1. The summed E-state index contributed by atoms with van der Waals surface area (Å²) in [6, 6.07) is 7.82. The number of rotatable bonds is 4. The highest BCUT2D eigenvalue weighted by Crippen LogP contribution is 2.43. The Bertz CT molecular complexity index is 606. The van der Waals surface area contributed by atoms with Gasteiger partial charge in [0, 0.05) is 12.1 Å². The van der Waals surface area contributed by atoms with Crippen molar-refractivity contribution in [3.05, 3.63) is 41.2 Å². The molecular weight excluding hydrogens is 279 g/mol. The fraction of sp³-hybridized carbons (Fsp3) is 0.500. The molecule has 1 aromatic rings. The molecule has 0 saturated carbocycles. The van der Waals surface area contributed by atoms with Crippen molar-refractivity contribution in [2.45, 2.75) is 44.7 Å². The van der Waals surface area contributed by atoms with Gasteiger partial charge in [0.2, 0.25) is 0 Å². The molecule has 3 nitrogen and oxygen atoms in total. The molecule has 2 bridgehead atoms. The van der Waals surface area contributed by atoms with Gasteiger partial charge in [-0.15, -0.1) is 0 Å². The summed E-state index contributed by atoms with van der Waals surface area (Å²) in [5.74, 6) is -0.192. The van der Waals surface area contributed by atoms with Crippen molar-refractivity contribution in [3.63, 3.8) is 0 Å². The van der Waals surface area contributed by atoms with Gasteiger partial charge < -0.3 is 4.84 Å². The van der Waals surface area contributed by atoms with Crippen LogP contribution in [0, 0.1) is 5.82 Å². The van der Waals surface area contributed by atoms with E-state index in [1.54, 1.807) is 19.2 Å². The van der Waals surface area contributed by atoms with Crippen molar-refractivity contribution >= 4 is 11.3 Å². The number of nitrogens with zero attached hydrogens (tertiary/aromatic N) is 2. The Hall–Kier alpha value is -1.68. The van der Waals surface area contributed by atoms with Crippen LogP contribution < -0.4 is 0 Å². The quantitative estimate of drug-likeness (QED) is 0.623. The Morgan fingerprint density at radius 2 is 2.05 bits per heavy atom. The first-order valence-corrected chi connectivity index (χ1v) is 7.97. The van der Waals surface area contributed by atoms with E-state index in [0.717, 1.165) is 30.5 Å². The molecule has 3 rings (SSSR count). The van der Waals surface area contributed by atoms with Crippen LogP contribution in [0.3, 0.4) is 0 Å². The van der Waals surface area contributed by atoms with Crippen molar-refractivity contribution in [2.24, 2.45) is 5.16 Å². The van der Waals surface area contributed by atoms with E-state index in [4.69, 9.17) is 4.84 Å². The van der Waals surface area contributed by atoms with Gasteiger partial charge in [-0.2, -0.15) is 0 Å². The molecule has 0 radical (unpaired) electrons. The van der Waals surface area contributed by atoms with E-state index in [0.29, 0.717) is 12.1 Å². The molecule has 0 aliphatic carbocycles. The van der Waals surface area contributed by atoms with Gasteiger partial charge in [-0.25, -0.2) is 4.39 Å². The molecule has 0 amide bonds. The first kappa shape index (κ1) is 15.2. The SMILES string of the molecule is CCC(=NOC)C1=C(c2ccc(F)cc2)CC2CCC1N2C. The second-order valence-electron chi connectivity index (χ2n) is 6.09. The van der Waals surface area contributed by atoms with Crippen LogP contribution in [0.1, 0.15) is 38.2 Å². The molecule has 2 aliphatic rings. The lowest BCUT2D eigenvalue weighted by Crippen LogP contribution is -2.40. The van der Waals surface area contributed by atoms with Crippen LogP contribution in [0.25, 0.3) is 5.57 Å². The van der Waals surface area contributed by atoms with Crippen LogP contribution in [-0.2, 0) is 4.84 Å². The molecular formula is C18H23FN2O. The zero-order valence-corrected chi connectivity index (χ0v) is 13.5. The molecule has 0 aromatic heterocycles. The minimum atomic E-state index is -0.192. The fourth-order valence-electron chi connectivity index (χ4n) is 3.86. The normalized spacial score (nSPS) is 25.7. The number of fused-ring (bicyclic) bond motifs is 2. The van der Waals surface area contributed by atoms with Gasteiger partial charge in [0.15, 0.2) is 0 Å². The molecule has 22 heavy (non-hydrogen) atoms. The predicted octanol–water partition coefficient (Wildman–Crippen LogP) is 3.86. The van der Waals surface area contributed by atoms with Gasteiger partial charge in [0.1, 0.15) is 12.9 Å². The van der Waals surface area contributed by atoms with E-state index in [-0.39, 0.29) is 5.82 Å². The lowest BCUT2D eigenvalue weighted by atomic mass is 9.85. The van der Waals surface area contributed by atoms with Gasteiger partial charge in [0.25, 0.3) is 0 Å². The molecule has 118 valence electrons. The number of halogens is 1. The van der Waals surface area contributed by atoms with E-state index in [9.17, 15) is 4.39 Å². The summed E-state index contributed by atoms with van der Waals surface area (Å²) in [6.07, 6.45) is 4.20. The van der Waals surface area contributed by atoms with E-state index >= 15 is 0 Å². The Morgan fingerprint density at radius 1 is 1.32 bits per heavy atom. The number of likely N-dealkylation sites (N-methyl/N-ethyl adjacent to an activating group) is 1. The summed E-state index contributed by atoms with van der Waals surface area (Å²) < 4.78 is 13.3. The maximum atomic E-state index is 13.3. The van der Waals surface area contributed by atoms with Crippen molar-refractivity contribution < 1.29 is 9.23 Å². The highest BCUT2D eigenvalue weighted by Gasteiger charge is 2.40. The molecule has 4 heteroatoms. The van der Waals surface area contributed by atoms with Crippen LogP contribution in [0.4, 0.5) is 4.39 Å². The van der Waals surface area contributed by atoms with E-state index in [1.165, 1.54) is 17.6 Å². The maximum absolute atomic E-state index is 13.3. The average Bonchev–Trinajstić information content (AvgIpc) is 2.76. The zero-order valence-electron chi connectivity index (χ0n) is 13.5. The summed E-state index contributed by atoms with van der Waals surface area (Å²) in [4.78, 5) is 7.53. The molecule has 2 heterocycles. The molecule has 1 saturated heterocycles. The van der Waals surface area contributed by atoms with Gasteiger partial charge in [0.05, 0.1) is 5.71 Å². The number of hydrogen-bond donors (Lipinski definition) is 0. The minimum absolute atomic E-state index is 0.192. The van der Waals surface area contributed by atoms with Crippen LogP contribution in [0.2, 0.25) is 0 Å². The van der Waals surface area contributed by atoms with Crippen molar-refractivity contribution in [1.29, 1.82) is 0 Å². The molecule has 0 N–H and O–H groups in total. The second-order valence-corrected chi connectivity index (χ2v) is 6.09. The second kappa shape index (κ2) is 6.21. The summed E-state index contributed by atoms with van der Waals surface area (Å²) in [6.45, 7) is 2.11. The molecule has 1 aromatic carbocycles. The molecule has 2 atom stereocenters. The Kier molecular flexibility index (Phi) is 4.30. The van der Waals surface area contributed by atoms with E-state index in [2.05, 4.69) is 24.0 Å². The molecule has 1 fully saturated rings. The number of benzene rings is 1. The summed E-state index contributed by atoms with van der Waals surface area (Å²) in [7, 11) is 3.79. The smallest absolute Gasteiger partial charge is 0.123 e. The highest BCUT2D eigenvalue weighted by molar-refractivity contribution is 6.07. The third-order valence-electron chi connectivity index (χ3n) is 4.98. The number of hydrogen-bond acceptors (Lipinski definition) is 3. The lowest BCUT2D eigenvalue weighted by molar-refractivity contribution is 0.211. The van der Waals surface area contributed by atoms with Gasteiger partial charge in [-0.1, -0.05) is 24.2 Å². The molecule has 2 aliphatic heterocycles. The highest BCUT2D eigenvalue weighted by atomic mass is 19.1. The van der Waals surface area contributed by atoms with Crippen LogP contribution >= 0.6 is 0 Å². The van der Waals surface area contributed by atoms with E-state index in [1.807, 2.05) is 12.1 Å². The van der Waals surface area contributed by atoms with E-state index < -0.39 is 0 Å². The Balaban J connectivity index is 2.13. The largest absolute Gasteiger partial charge is 0.399 e. The van der Waals surface area contributed by atoms with Crippen LogP contribution in [0.15, 0.2) is 35.0 Å². The predicted molar refractivity (Wildman–Crippen MR) is 87.2 cm³/mol. The first-order valence-electron chi connectivity index (χ1n) is 7.97. The average molecular weight is 302 g/mol. The zero-order chi connectivity index (χ0) is 15.7. The van der Waals surface area contributed by atoms with Gasteiger partial charge >= 0.3 is 0 Å². The minimum Gasteiger partial charge on any atom is -0.399 e. The fourth-order valence-corrected chi connectivity index (χ4v) is 3.86. The maximum Gasteiger partial charge on any atom is 0.123 e. The van der Waals surface area contributed by atoms with Crippen molar-refractivity contribution in [2.75, 3.05) is 14.2 Å². The molecule has 2 unspecified atom stereocenters. The van der Waals surface area contributed by atoms with Crippen molar-refractivity contribution in [1.82, 2.24) is 4.90 Å². The topological polar surface area (TPSA) is 24.8 Å². The lowest BCUT2D eigenvalue weighted by Gasteiger charge is -2.35. The Labute approximate surface area is 131 Å². The van der Waals surface area contributed by atoms with Gasteiger partial charge in [-0.05, 0) is 61.6 Å².